The third-order valence-electron chi connectivity index (χ3n) is 3.92. The fourth-order valence-electron chi connectivity index (χ4n) is 2.29. The second-order valence-electron chi connectivity index (χ2n) is 4.84. The lowest BCUT2D eigenvalue weighted by Crippen LogP contribution is -2.34. The normalized spacial score (nSPS) is 20.2. The third kappa shape index (κ3) is 2.00. The van der Waals surface area contributed by atoms with Gasteiger partial charge < -0.3 is 10.8 Å². The van der Waals surface area contributed by atoms with Crippen LogP contribution in [0.4, 0.5) is 0 Å². The molecule has 0 aromatic heterocycles. The third-order valence-corrected chi connectivity index (χ3v) is 3.92. The minimum Gasteiger partial charge on any atom is -0.384 e. The lowest BCUT2D eigenvalue weighted by molar-refractivity contribution is 0.0417. The molecule has 0 bridgehead atoms. The molecule has 0 spiro atoms. The predicted molar refractivity (Wildman–Crippen MR) is 66.3 cm³/mol. The monoisotopic (exact) mass is 219 g/mol. The maximum absolute atomic E-state index is 10.4. The molecule has 16 heavy (non-hydrogen) atoms. The molecule has 1 saturated carbocycles. The summed E-state index contributed by atoms with van der Waals surface area (Å²) in [6.07, 6.45) is 4.58. The van der Waals surface area contributed by atoms with Crippen molar-refractivity contribution in [1.82, 2.24) is 0 Å². The first-order chi connectivity index (χ1) is 7.69. The van der Waals surface area contributed by atoms with Gasteiger partial charge in [0.15, 0.2) is 0 Å². The van der Waals surface area contributed by atoms with Gasteiger partial charge in [0.2, 0.25) is 0 Å². The molecule has 3 N–H and O–H groups in total. The van der Waals surface area contributed by atoms with Crippen LogP contribution < -0.4 is 5.73 Å². The molecule has 0 heterocycles. The van der Waals surface area contributed by atoms with E-state index < -0.39 is 5.60 Å². The Balaban J connectivity index is 2.27. The summed E-state index contributed by atoms with van der Waals surface area (Å²) in [7, 11) is 0. The van der Waals surface area contributed by atoms with Gasteiger partial charge in [-0.3, -0.25) is 0 Å². The Bertz CT molecular complexity index is 354. The van der Waals surface area contributed by atoms with Crippen molar-refractivity contribution in [2.75, 3.05) is 6.54 Å². The second-order valence-corrected chi connectivity index (χ2v) is 4.84. The van der Waals surface area contributed by atoms with Crippen molar-refractivity contribution >= 4 is 0 Å². The van der Waals surface area contributed by atoms with Gasteiger partial charge in [0.1, 0.15) is 5.60 Å². The Morgan fingerprint density at radius 1 is 1.44 bits per heavy atom. The Morgan fingerprint density at radius 3 is 2.69 bits per heavy atom. The highest BCUT2D eigenvalue weighted by atomic mass is 16.3. The van der Waals surface area contributed by atoms with Crippen LogP contribution in [0.5, 0.6) is 0 Å². The molecule has 1 aromatic carbocycles. The lowest BCUT2D eigenvalue weighted by atomic mass is 9.78. The largest absolute Gasteiger partial charge is 0.384 e. The van der Waals surface area contributed by atoms with Crippen LogP contribution in [0.2, 0.25) is 0 Å². The fraction of sp³-hybridized carbons (Fsp3) is 0.571. The highest BCUT2D eigenvalue weighted by molar-refractivity contribution is 5.31. The number of benzene rings is 1. The van der Waals surface area contributed by atoms with E-state index in [2.05, 4.69) is 12.1 Å². The molecule has 1 unspecified atom stereocenters. The van der Waals surface area contributed by atoms with Gasteiger partial charge in [0.05, 0.1) is 0 Å². The van der Waals surface area contributed by atoms with Gasteiger partial charge >= 0.3 is 0 Å². The molecule has 0 aliphatic heterocycles. The van der Waals surface area contributed by atoms with Crippen LogP contribution in [-0.2, 0) is 5.60 Å². The van der Waals surface area contributed by atoms with E-state index in [1.54, 1.807) is 0 Å². The van der Waals surface area contributed by atoms with E-state index >= 15 is 0 Å². The van der Waals surface area contributed by atoms with Gasteiger partial charge in [-0.15, -0.1) is 0 Å². The summed E-state index contributed by atoms with van der Waals surface area (Å²) in [4.78, 5) is 0. The van der Waals surface area contributed by atoms with Crippen LogP contribution in [0.25, 0.3) is 0 Å². The number of hydrogen-bond acceptors (Lipinski definition) is 2. The van der Waals surface area contributed by atoms with Crippen molar-refractivity contribution < 1.29 is 5.11 Å². The maximum atomic E-state index is 10.4. The first kappa shape index (κ1) is 11.6. The van der Waals surface area contributed by atoms with Crippen molar-refractivity contribution in [1.29, 1.82) is 0 Å². The van der Waals surface area contributed by atoms with E-state index in [-0.39, 0.29) is 6.54 Å². The van der Waals surface area contributed by atoms with Crippen LogP contribution in [0, 0.1) is 0 Å². The maximum Gasteiger partial charge on any atom is 0.102 e. The van der Waals surface area contributed by atoms with Crippen LogP contribution >= 0.6 is 0 Å². The predicted octanol–water partition coefficient (Wildman–Crippen LogP) is 2.51. The number of rotatable bonds is 4. The van der Waals surface area contributed by atoms with Crippen molar-refractivity contribution in [3.05, 3.63) is 35.4 Å². The molecule has 1 atom stereocenters. The van der Waals surface area contributed by atoms with Crippen LogP contribution in [0.1, 0.15) is 49.7 Å². The lowest BCUT2D eigenvalue weighted by Gasteiger charge is -2.29. The highest BCUT2D eigenvalue weighted by Crippen LogP contribution is 2.37. The number of hydrogen-bond donors (Lipinski definition) is 2. The van der Waals surface area contributed by atoms with Crippen LogP contribution in [-0.4, -0.2) is 11.7 Å². The van der Waals surface area contributed by atoms with Crippen molar-refractivity contribution in [2.45, 2.75) is 44.1 Å². The average Bonchev–Trinajstić information content (AvgIpc) is 2.26. The van der Waals surface area contributed by atoms with Gasteiger partial charge in [-0.05, 0) is 36.3 Å². The van der Waals surface area contributed by atoms with E-state index in [1.165, 1.54) is 24.8 Å². The average molecular weight is 219 g/mol. The quantitative estimate of drug-likeness (QED) is 0.817. The smallest absolute Gasteiger partial charge is 0.102 e. The number of nitrogens with two attached hydrogens (primary N) is 1. The topological polar surface area (TPSA) is 46.2 Å². The summed E-state index contributed by atoms with van der Waals surface area (Å²) in [5.74, 6) is 0.707. The van der Waals surface area contributed by atoms with Gasteiger partial charge in [0.25, 0.3) is 0 Å². The molecule has 0 amide bonds. The van der Waals surface area contributed by atoms with Crippen LogP contribution in [0.3, 0.4) is 0 Å². The van der Waals surface area contributed by atoms with Crippen LogP contribution in [0.15, 0.2) is 24.3 Å². The zero-order valence-electron chi connectivity index (χ0n) is 9.95. The fourth-order valence-corrected chi connectivity index (χ4v) is 2.29. The van der Waals surface area contributed by atoms with Crippen molar-refractivity contribution in [3.63, 3.8) is 0 Å². The molecule has 2 nitrogen and oxygen atoms in total. The van der Waals surface area contributed by atoms with Gasteiger partial charge in [0, 0.05) is 6.54 Å². The zero-order valence-corrected chi connectivity index (χ0v) is 9.95. The standard InChI is InChI=1S/C14H21NO/c1-2-14(16,10-15)13-8-4-7-12(9-13)11-5-3-6-11/h4,7-9,11,16H,2-3,5-6,10,15H2,1H3. The molecule has 1 fully saturated rings. The Labute approximate surface area is 97.5 Å². The van der Waals surface area contributed by atoms with E-state index in [9.17, 15) is 5.11 Å². The van der Waals surface area contributed by atoms with Gasteiger partial charge in [-0.2, -0.15) is 0 Å². The minimum absolute atomic E-state index is 0.289. The van der Waals surface area contributed by atoms with Crippen molar-refractivity contribution in [2.24, 2.45) is 5.73 Å². The van der Waals surface area contributed by atoms with Gasteiger partial charge in [-0.1, -0.05) is 37.6 Å². The number of aliphatic hydroxyl groups is 1. The minimum atomic E-state index is -0.847. The first-order valence-corrected chi connectivity index (χ1v) is 6.22. The summed E-state index contributed by atoms with van der Waals surface area (Å²) in [6, 6.07) is 8.33. The molecule has 2 heteroatoms. The molecule has 1 aliphatic carbocycles. The first-order valence-electron chi connectivity index (χ1n) is 6.22. The van der Waals surface area contributed by atoms with E-state index in [4.69, 9.17) is 5.73 Å². The summed E-state index contributed by atoms with van der Waals surface area (Å²) in [5.41, 5.74) is 7.16. The molecular formula is C14H21NO. The Morgan fingerprint density at radius 2 is 2.19 bits per heavy atom. The summed E-state index contributed by atoms with van der Waals surface area (Å²) in [5, 5.41) is 10.4. The summed E-state index contributed by atoms with van der Waals surface area (Å²) < 4.78 is 0. The highest BCUT2D eigenvalue weighted by Gasteiger charge is 2.27. The van der Waals surface area contributed by atoms with E-state index in [1.807, 2.05) is 19.1 Å². The summed E-state index contributed by atoms with van der Waals surface area (Å²) >= 11 is 0. The molecule has 1 aliphatic rings. The molecule has 1 aromatic rings. The summed E-state index contributed by atoms with van der Waals surface area (Å²) in [6.45, 7) is 2.26. The molecule has 0 saturated heterocycles. The Kier molecular flexibility index (Phi) is 3.31. The Hall–Kier alpha value is -0.860. The van der Waals surface area contributed by atoms with Crippen molar-refractivity contribution in [3.8, 4) is 0 Å². The zero-order chi connectivity index (χ0) is 11.6. The van der Waals surface area contributed by atoms with E-state index in [0.717, 1.165) is 5.56 Å². The van der Waals surface area contributed by atoms with Gasteiger partial charge in [-0.25, -0.2) is 0 Å². The second kappa shape index (κ2) is 4.56. The van der Waals surface area contributed by atoms with E-state index in [0.29, 0.717) is 12.3 Å². The molecule has 2 rings (SSSR count). The molecular weight excluding hydrogens is 198 g/mol. The molecule has 88 valence electrons. The SMILES string of the molecule is CCC(O)(CN)c1cccc(C2CCC2)c1. The molecule has 0 radical (unpaired) electrons.